The minimum atomic E-state index is -6.52. The number of imidazole rings is 1. The van der Waals surface area contributed by atoms with Gasteiger partial charge < -0.3 is 0 Å². The molecule has 0 radical (unpaired) electrons. The molecule has 0 amide bonds. The maximum Gasteiger partial charge on any atom is 0.436 e. The van der Waals surface area contributed by atoms with Crippen LogP contribution in [0.15, 0.2) is 35.1 Å². The molecule has 14 heteroatoms. The first kappa shape index (κ1) is 24.7. The summed E-state index contributed by atoms with van der Waals surface area (Å²) in [6, 6.07) is 3.64. The van der Waals surface area contributed by atoms with E-state index in [1.807, 2.05) is 0 Å². The molecule has 1 heterocycles. The summed E-state index contributed by atoms with van der Waals surface area (Å²) in [5.41, 5.74) is -9.61. The Labute approximate surface area is 190 Å². The Morgan fingerprint density at radius 3 is 2.09 bits per heavy atom. The van der Waals surface area contributed by atoms with Crippen molar-refractivity contribution in [3.63, 3.8) is 0 Å². The Hall–Kier alpha value is -3.45. The van der Waals surface area contributed by atoms with E-state index in [-0.39, 0.29) is 35.4 Å². The van der Waals surface area contributed by atoms with Crippen molar-refractivity contribution in [2.75, 3.05) is 0 Å². The predicted octanol–water partition coefficient (Wildman–Crippen LogP) is 5.83. The Bertz CT molecular complexity index is 1390. The molecule has 4 rings (SSSR count). The number of alkyl halides is 7. The van der Waals surface area contributed by atoms with Crippen LogP contribution >= 0.6 is 0 Å². The van der Waals surface area contributed by atoms with E-state index in [0.29, 0.717) is 18.4 Å². The molecule has 0 spiro atoms. The van der Waals surface area contributed by atoms with Gasteiger partial charge in [0.1, 0.15) is 5.82 Å². The zero-order valence-corrected chi connectivity index (χ0v) is 17.7. The Morgan fingerprint density at radius 2 is 1.60 bits per heavy atom. The lowest BCUT2D eigenvalue weighted by Gasteiger charge is -2.30. The first-order valence-corrected chi connectivity index (χ1v) is 10.1. The van der Waals surface area contributed by atoms with E-state index in [9.17, 15) is 50.0 Å². The van der Waals surface area contributed by atoms with E-state index in [4.69, 9.17) is 0 Å². The summed E-state index contributed by atoms with van der Waals surface area (Å²) < 4.78 is 111. The van der Waals surface area contributed by atoms with Crippen molar-refractivity contribution in [2.45, 2.75) is 50.4 Å². The zero-order valence-electron chi connectivity index (χ0n) is 17.7. The number of nitrogens with zero attached hydrogens (tertiary/aromatic N) is 3. The van der Waals surface area contributed by atoms with E-state index in [1.54, 1.807) is 0 Å². The lowest BCUT2D eigenvalue weighted by atomic mass is 9.93. The highest BCUT2D eigenvalue weighted by Crippen LogP contribution is 2.54. The van der Waals surface area contributed by atoms with Crippen LogP contribution in [0.2, 0.25) is 0 Å². The summed E-state index contributed by atoms with van der Waals surface area (Å²) >= 11 is 0. The summed E-state index contributed by atoms with van der Waals surface area (Å²) in [6.07, 6.45) is -12.3. The summed E-state index contributed by atoms with van der Waals surface area (Å²) in [5.74, 6) is -2.13. The molecule has 0 unspecified atom stereocenters. The molecular weight excluding hydrogens is 494 g/mol. The quantitative estimate of drug-likeness (QED) is 0.247. The third-order valence-corrected chi connectivity index (χ3v) is 5.91. The number of benzene rings is 2. The lowest BCUT2D eigenvalue weighted by molar-refractivity contribution is -0.385. The third-order valence-electron chi connectivity index (χ3n) is 5.91. The van der Waals surface area contributed by atoms with Crippen LogP contribution in [0, 0.1) is 22.9 Å². The molecule has 35 heavy (non-hydrogen) atoms. The van der Waals surface area contributed by atoms with Crippen LogP contribution in [0.25, 0.3) is 11.0 Å². The molecule has 188 valence electrons. The normalized spacial score (nSPS) is 15.1. The molecule has 1 saturated carbocycles. The van der Waals surface area contributed by atoms with E-state index in [2.05, 4.69) is 0 Å². The fraction of sp³-hybridized carbons (Fsp3) is 0.381. The smallest absolute Gasteiger partial charge is 0.289 e. The minimum Gasteiger partial charge on any atom is -0.289 e. The van der Waals surface area contributed by atoms with Crippen LogP contribution in [0.4, 0.5) is 40.8 Å². The molecule has 0 atom stereocenters. The van der Waals surface area contributed by atoms with Crippen LogP contribution in [0.3, 0.4) is 0 Å². The average Bonchev–Trinajstić information content (AvgIpc) is 3.51. The summed E-state index contributed by atoms with van der Waals surface area (Å²) in [6.45, 7) is 1.12. The van der Waals surface area contributed by atoms with E-state index in [1.165, 1.54) is 25.1 Å². The second-order valence-electron chi connectivity index (χ2n) is 8.32. The van der Waals surface area contributed by atoms with Crippen molar-refractivity contribution in [3.05, 3.63) is 73.4 Å². The van der Waals surface area contributed by atoms with Crippen molar-refractivity contribution in [2.24, 2.45) is 0 Å². The van der Waals surface area contributed by atoms with Crippen molar-refractivity contribution in [1.82, 2.24) is 9.13 Å². The maximum absolute atomic E-state index is 14.7. The second-order valence-corrected chi connectivity index (χ2v) is 8.32. The van der Waals surface area contributed by atoms with E-state index >= 15 is 0 Å². The van der Waals surface area contributed by atoms with Gasteiger partial charge in [0.15, 0.2) is 0 Å². The van der Waals surface area contributed by atoms with Crippen LogP contribution < -0.4 is 5.69 Å². The number of nitro groups is 1. The topological polar surface area (TPSA) is 70.1 Å². The molecular formula is C21H15F8N3O3. The second kappa shape index (κ2) is 7.78. The van der Waals surface area contributed by atoms with Gasteiger partial charge in [0.25, 0.3) is 5.69 Å². The van der Waals surface area contributed by atoms with Crippen LogP contribution in [0.5, 0.6) is 0 Å². The standard InChI is InChI=1S/C21H15F8N3O3/c1-10-6-11(2-5-15(10)32(34)35)9-30-16-8-14(22)13(19(23,20(24,25)26)21(27,28)29)7-17(16)31(18(30)33)12-3-4-12/h2,5-8,12H,3-4,9H2,1H3. The minimum absolute atomic E-state index is 0.0863. The number of rotatable bonds is 5. The lowest BCUT2D eigenvalue weighted by Crippen LogP contribution is -2.51. The fourth-order valence-corrected chi connectivity index (χ4v) is 4.07. The number of fused-ring (bicyclic) bond motifs is 1. The van der Waals surface area contributed by atoms with Crippen LogP contribution in [-0.4, -0.2) is 26.4 Å². The summed E-state index contributed by atoms with van der Waals surface area (Å²) in [4.78, 5) is 23.4. The highest BCUT2D eigenvalue weighted by atomic mass is 19.4. The Kier molecular flexibility index (Phi) is 5.48. The molecule has 0 saturated heterocycles. The third kappa shape index (κ3) is 3.84. The number of hydrogen-bond acceptors (Lipinski definition) is 3. The summed E-state index contributed by atoms with van der Waals surface area (Å²) in [7, 11) is 0. The first-order valence-electron chi connectivity index (χ1n) is 10.1. The molecule has 0 bridgehead atoms. The van der Waals surface area contributed by atoms with Gasteiger partial charge in [0.2, 0.25) is 0 Å². The fourth-order valence-electron chi connectivity index (χ4n) is 4.07. The highest BCUT2D eigenvalue weighted by Gasteiger charge is 2.74. The van der Waals surface area contributed by atoms with Gasteiger partial charge in [0, 0.05) is 29.3 Å². The van der Waals surface area contributed by atoms with Gasteiger partial charge in [-0.3, -0.25) is 19.2 Å². The van der Waals surface area contributed by atoms with Crippen molar-refractivity contribution >= 4 is 16.7 Å². The van der Waals surface area contributed by atoms with E-state index < -0.39 is 51.6 Å². The first-order chi connectivity index (χ1) is 16.1. The number of hydrogen-bond donors (Lipinski definition) is 0. The van der Waals surface area contributed by atoms with Gasteiger partial charge in [-0.05, 0) is 37.5 Å². The Morgan fingerprint density at radius 1 is 1.00 bits per heavy atom. The largest absolute Gasteiger partial charge is 0.436 e. The number of halogens is 8. The number of nitro benzene ring substituents is 1. The van der Waals surface area contributed by atoms with E-state index in [0.717, 1.165) is 9.13 Å². The number of aromatic nitrogens is 2. The molecule has 0 aliphatic heterocycles. The van der Waals surface area contributed by atoms with Gasteiger partial charge in [-0.2, -0.15) is 26.3 Å². The van der Waals surface area contributed by atoms with Crippen LogP contribution in [0.1, 0.15) is 35.6 Å². The molecule has 1 aliphatic carbocycles. The van der Waals surface area contributed by atoms with Crippen molar-refractivity contribution < 1.29 is 40.0 Å². The number of aryl methyl sites for hydroxylation is 1. The molecule has 1 fully saturated rings. The molecule has 6 nitrogen and oxygen atoms in total. The average molecular weight is 509 g/mol. The van der Waals surface area contributed by atoms with Gasteiger partial charge in [-0.1, -0.05) is 6.07 Å². The molecule has 1 aromatic heterocycles. The van der Waals surface area contributed by atoms with Gasteiger partial charge in [-0.25, -0.2) is 13.6 Å². The Balaban J connectivity index is 1.94. The van der Waals surface area contributed by atoms with Gasteiger partial charge >= 0.3 is 23.7 Å². The monoisotopic (exact) mass is 509 g/mol. The highest BCUT2D eigenvalue weighted by molar-refractivity contribution is 5.78. The maximum atomic E-state index is 14.7. The van der Waals surface area contributed by atoms with Crippen molar-refractivity contribution in [3.8, 4) is 0 Å². The molecule has 0 N–H and O–H groups in total. The van der Waals surface area contributed by atoms with Crippen molar-refractivity contribution in [1.29, 1.82) is 0 Å². The summed E-state index contributed by atoms with van der Waals surface area (Å²) in [5, 5.41) is 11.0. The zero-order chi connectivity index (χ0) is 26.1. The predicted molar refractivity (Wildman–Crippen MR) is 106 cm³/mol. The SMILES string of the molecule is Cc1cc(Cn2c(=O)n(C3CC3)c3cc(C(F)(C(F)(F)F)C(F)(F)F)c(F)cc32)ccc1[N+](=O)[O-]. The molecule has 3 aromatic rings. The van der Waals surface area contributed by atoms with Gasteiger partial charge in [-0.15, -0.1) is 0 Å². The molecule has 1 aliphatic rings. The van der Waals surface area contributed by atoms with Gasteiger partial charge in [0.05, 0.1) is 22.5 Å². The van der Waals surface area contributed by atoms with Crippen LogP contribution in [-0.2, 0) is 12.2 Å². The molecule has 2 aromatic carbocycles.